The lowest BCUT2D eigenvalue weighted by atomic mass is 9.98. The van der Waals surface area contributed by atoms with Crippen LogP contribution >= 0.6 is 0 Å². The SMILES string of the molecule is Cc1nnc(C(C)OC(=O)C2CCN(S(=O)(=O)c3ccccc3F)CC2)o1. The second-order valence-electron chi connectivity index (χ2n) is 6.35. The van der Waals surface area contributed by atoms with E-state index in [9.17, 15) is 17.6 Å². The van der Waals surface area contributed by atoms with E-state index in [2.05, 4.69) is 10.2 Å². The Morgan fingerprint density at radius 1 is 1.30 bits per heavy atom. The van der Waals surface area contributed by atoms with Crippen molar-refractivity contribution < 1.29 is 26.8 Å². The molecule has 2 heterocycles. The zero-order valence-electron chi connectivity index (χ0n) is 15.0. The number of carbonyl (C=O) groups is 1. The van der Waals surface area contributed by atoms with Crippen LogP contribution in [0.15, 0.2) is 33.6 Å². The van der Waals surface area contributed by atoms with Crippen molar-refractivity contribution in [3.8, 4) is 0 Å². The molecule has 8 nitrogen and oxygen atoms in total. The van der Waals surface area contributed by atoms with Crippen molar-refractivity contribution in [1.29, 1.82) is 0 Å². The van der Waals surface area contributed by atoms with Crippen LogP contribution in [0.4, 0.5) is 4.39 Å². The van der Waals surface area contributed by atoms with Crippen LogP contribution in [0.1, 0.15) is 37.7 Å². The Kier molecular flexibility index (Phi) is 5.56. The van der Waals surface area contributed by atoms with E-state index in [1.54, 1.807) is 13.8 Å². The van der Waals surface area contributed by atoms with Crippen LogP contribution in [-0.4, -0.2) is 42.0 Å². The molecule has 2 aromatic rings. The van der Waals surface area contributed by atoms with Gasteiger partial charge in [0.2, 0.25) is 15.9 Å². The molecule has 27 heavy (non-hydrogen) atoms. The van der Waals surface area contributed by atoms with Gasteiger partial charge in [-0.15, -0.1) is 10.2 Å². The van der Waals surface area contributed by atoms with Crippen molar-refractivity contribution in [3.05, 3.63) is 41.9 Å². The first-order valence-electron chi connectivity index (χ1n) is 8.54. The first kappa shape index (κ1) is 19.4. The van der Waals surface area contributed by atoms with E-state index in [1.165, 1.54) is 22.5 Å². The van der Waals surface area contributed by atoms with Gasteiger partial charge in [-0.3, -0.25) is 4.79 Å². The van der Waals surface area contributed by atoms with Crippen molar-refractivity contribution >= 4 is 16.0 Å². The normalized spacial score (nSPS) is 17.6. The van der Waals surface area contributed by atoms with Crippen molar-refractivity contribution in [3.63, 3.8) is 0 Å². The van der Waals surface area contributed by atoms with E-state index in [0.29, 0.717) is 18.7 Å². The molecule has 1 aromatic carbocycles. The summed E-state index contributed by atoms with van der Waals surface area (Å²) in [5.41, 5.74) is 0. The molecule has 0 bridgehead atoms. The number of hydrogen-bond donors (Lipinski definition) is 0. The van der Waals surface area contributed by atoms with Gasteiger partial charge in [0.1, 0.15) is 10.7 Å². The maximum absolute atomic E-state index is 13.9. The van der Waals surface area contributed by atoms with Crippen LogP contribution in [-0.2, 0) is 19.6 Å². The van der Waals surface area contributed by atoms with Crippen LogP contribution in [0.25, 0.3) is 0 Å². The zero-order chi connectivity index (χ0) is 19.6. The van der Waals surface area contributed by atoms with Crippen molar-refractivity contribution in [2.45, 2.75) is 37.7 Å². The molecule has 1 unspecified atom stereocenters. The summed E-state index contributed by atoms with van der Waals surface area (Å²) in [5, 5.41) is 7.50. The number of aromatic nitrogens is 2. The van der Waals surface area contributed by atoms with Crippen molar-refractivity contribution in [2.75, 3.05) is 13.1 Å². The molecule has 1 fully saturated rings. The summed E-state index contributed by atoms with van der Waals surface area (Å²) >= 11 is 0. The lowest BCUT2D eigenvalue weighted by molar-refractivity contribution is -0.156. The van der Waals surface area contributed by atoms with E-state index < -0.39 is 33.8 Å². The molecule has 1 saturated heterocycles. The Morgan fingerprint density at radius 2 is 1.96 bits per heavy atom. The maximum Gasteiger partial charge on any atom is 0.309 e. The van der Waals surface area contributed by atoms with Crippen LogP contribution in [0.5, 0.6) is 0 Å². The van der Waals surface area contributed by atoms with Gasteiger partial charge in [0, 0.05) is 20.0 Å². The van der Waals surface area contributed by atoms with Gasteiger partial charge in [-0.1, -0.05) is 12.1 Å². The lowest BCUT2D eigenvalue weighted by Gasteiger charge is -2.30. The average molecular weight is 397 g/mol. The van der Waals surface area contributed by atoms with E-state index in [4.69, 9.17) is 9.15 Å². The molecule has 10 heteroatoms. The first-order chi connectivity index (χ1) is 12.8. The number of aryl methyl sites for hydroxylation is 1. The molecule has 3 rings (SSSR count). The molecule has 1 aromatic heterocycles. The van der Waals surface area contributed by atoms with Crippen LogP contribution in [0.3, 0.4) is 0 Å². The average Bonchev–Trinajstić information content (AvgIpc) is 3.08. The topological polar surface area (TPSA) is 103 Å². The number of halogens is 1. The fourth-order valence-electron chi connectivity index (χ4n) is 2.92. The Labute approximate surface area is 156 Å². The minimum absolute atomic E-state index is 0.116. The number of hydrogen-bond acceptors (Lipinski definition) is 7. The fraction of sp³-hybridized carbons (Fsp3) is 0.471. The van der Waals surface area contributed by atoms with Crippen LogP contribution < -0.4 is 0 Å². The predicted molar refractivity (Wildman–Crippen MR) is 91.4 cm³/mol. The molecule has 0 amide bonds. The van der Waals surface area contributed by atoms with Gasteiger partial charge in [-0.25, -0.2) is 12.8 Å². The zero-order valence-corrected chi connectivity index (χ0v) is 15.8. The Balaban J connectivity index is 1.60. The minimum atomic E-state index is -3.93. The maximum atomic E-state index is 13.9. The van der Waals surface area contributed by atoms with Crippen molar-refractivity contribution in [2.24, 2.45) is 5.92 Å². The minimum Gasteiger partial charge on any atom is -0.452 e. The number of esters is 1. The summed E-state index contributed by atoms with van der Waals surface area (Å²) in [6.07, 6.45) is -0.0941. The van der Waals surface area contributed by atoms with E-state index >= 15 is 0 Å². The molecule has 1 aliphatic rings. The molecule has 0 aliphatic carbocycles. The monoisotopic (exact) mass is 397 g/mol. The molecule has 146 valence electrons. The molecule has 1 atom stereocenters. The van der Waals surface area contributed by atoms with Gasteiger partial charge in [0.25, 0.3) is 5.89 Å². The Hall–Kier alpha value is -2.33. The summed E-state index contributed by atoms with van der Waals surface area (Å²) in [6, 6.07) is 5.25. The summed E-state index contributed by atoms with van der Waals surface area (Å²) in [4.78, 5) is 12.0. The fourth-order valence-corrected chi connectivity index (χ4v) is 4.46. The van der Waals surface area contributed by atoms with Gasteiger partial charge in [-0.2, -0.15) is 4.31 Å². The molecule has 0 N–H and O–H groups in total. The van der Waals surface area contributed by atoms with Gasteiger partial charge in [0.05, 0.1) is 5.92 Å². The second kappa shape index (κ2) is 7.73. The molecule has 0 spiro atoms. The molecule has 0 saturated carbocycles. The second-order valence-corrected chi connectivity index (χ2v) is 8.25. The predicted octanol–water partition coefficient (Wildman–Crippen LogP) is 2.22. The molecule has 1 aliphatic heterocycles. The number of carbonyl (C=O) groups excluding carboxylic acids is 1. The number of rotatable bonds is 5. The third kappa shape index (κ3) is 4.16. The van der Waals surface area contributed by atoms with E-state index in [1.807, 2.05) is 0 Å². The first-order valence-corrected chi connectivity index (χ1v) is 9.98. The lowest BCUT2D eigenvalue weighted by Crippen LogP contribution is -2.41. The summed E-state index contributed by atoms with van der Waals surface area (Å²) in [6.45, 7) is 3.49. The highest BCUT2D eigenvalue weighted by Crippen LogP contribution is 2.27. The van der Waals surface area contributed by atoms with Gasteiger partial charge in [-0.05, 0) is 31.9 Å². The van der Waals surface area contributed by atoms with Gasteiger partial charge in [0.15, 0.2) is 6.10 Å². The molecular formula is C17H20FN3O5S. The highest BCUT2D eigenvalue weighted by Gasteiger charge is 2.34. The van der Waals surface area contributed by atoms with E-state index in [-0.39, 0.29) is 23.9 Å². The van der Waals surface area contributed by atoms with Gasteiger partial charge < -0.3 is 9.15 Å². The van der Waals surface area contributed by atoms with Crippen molar-refractivity contribution in [1.82, 2.24) is 14.5 Å². The quantitative estimate of drug-likeness (QED) is 0.713. The molecular weight excluding hydrogens is 377 g/mol. The highest BCUT2D eigenvalue weighted by atomic mass is 32.2. The number of ether oxygens (including phenoxy) is 1. The highest BCUT2D eigenvalue weighted by molar-refractivity contribution is 7.89. The van der Waals surface area contributed by atoms with E-state index in [0.717, 1.165) is 6.07 Å². The summed E-state index contributed by atoms with van der Waals surface area (Å²) < 4.78 is 50.8. The number of benzene rings is 1. The third-order valence-corrected chi connectivity index (χ3v) is 6.36. The van der Waals surface area contributed by atoms with Crippen LogP contribution in [0.2, 0.25) is 0 Å². The number of nitrogens with zero attached hydrogens (tertiary/aromatic N) is 3. The Morgan fingerprint density at radius 3 is 2.56 bits per heavy atom. The largest absolute Gasteiger partial charge is 0.452 e. The standard InChI is InChI=1S/C17H20FN3O5S/c1-11(16-20-19-12(2)26-16)25-17(22)13-7-9-21(10-8-13)27(23,24)15-6-4-3-5-14(15)18/h3-6,11,13H,7-10H2,1-2H3. The number of piperidine rings is 1. The summed E-state index contributed by atoms with van der Waals surface area (Å²) in [7, 11) is -3.93. The molecule has 0 radical (unpaired) electrons. The third-order valence-electron chi connectivity index (χ3n) is 4.42. The van der Waals surface area contributed by atoms with Gasteiger partial charge >= 0.3 is 5.97 Å². The Bertz CT molecular complexity index is 922. The smallest absolute Gasteiger partial charge is 0.309 e. The number of sulfonamides is 1. The van der Waals surface area contributed by atoms with Crippen LogP contribution in [0, 0.1) is 18.7 Å². The summed E-state index contributed by atoms with van der Waals surface area (Å²) in [5.74, 6) is -1.09.